The Hall–Kier alpha value is -1.26. The van der Waals surface area contributed by atoms with E-state index in [2.05, 4.69) is 17.1 Å². The molecule has 2 rings (SSSR count). The van der Waals surface area contributed by atoms with Gasteiger partial charge in [0.15, 0.2) is 11.5 Å². The number of hydrogen-bond donors (Lipinski definition) is 2. The average molecular weight is 278 g/mol. The quantitative estimate of drug-likeness (QED) is 0.838. The highest BCUT2D eigenvalue weighted by Crippen LogP contribution is 2.29. The van der Waals surface area contributed by atoms with E-state index in [4.69, 9.17) is 4.74 Å². The third-order valence-corrected chi connectivity index (χ3v) is 3.92. The number of aromatic hydroxyl groups is 1. The molecule has 1 heterocycles. The highest BCUT2D eigenvalue weighted by atomic mass is 16.5. The Morgan fingerprint density at radius 3 is 2.75 bits per heavy atom. The molecule has 0 spiro atoms. The molecule has 1 aromatic rings. The first kappa shape index (κ1) is 15.1. The van der Waals surface area contributed by atoms with E-state index in [1.54, 1.807) is 13.2 Å². The van der Waals surface area contributed by atoms with Gasteiger partial charge in [0.2, 0.25) is 0 Å². The lowest BCUT2D eigenvalue weighted by molar-refractivity contribution is 0.208. The van der Waals surface area contributed by atoms with E-state index >= 15 is 0 Å². The number of benzene rings is 1. The number of nitrogens with one attached hydrogen (secondary N) is 1. The van der Waals surface area contributed by atoms with E-state index in [1.165, 1.54) is 32.4 Å². The van der Waals surface area contributed by atoms with Crippen molar-refractivity contribution in [2.45, 2.75) is 38.8 Å². The summed E-state index contributed by atoms with van der Waals surface area (Å²) in [5.41, 5.74) is 0.884. The maximum atomic E-state index is 10.0. The summed E-state index contributed by atoms with van der Waals surface area (Å²) in [6.07, 6.45) is 4.02. The first-order valence-electron chi connectivity index (χ1n) is 7.51. The number of rotatable bonds is 6. The summed E-state index contributed by atoms with van der Waals surface area (Å²) in [5, 5.41) is 13.5. The van der Waals surface area contributed by atoms with Gasteiger partial charge in [-0.3, -0.25) is 0 Å². The van der Waals surface area contributed by atoms with Crippen LogP contribution in [0, 0.1) is 0 Å². The van der Waals surface area contributed by atoms with Crippen LogP contribution in [0.4, 0.5) is 0 Å². The minimum atomic E-state index is 0.243. The van der Waals surface area contributed by atoms with Gasteiger partial charge in [0.25, 0.3) is 0 Å². The largest absolute Gasteiger partial charge is 0.504 e. The molecule has 1 unspecified atom stereocenters. The molecule has 0 aliphatic carbocycles. The average Bonchev–Trinajstić information content (AvgIpc) is 2.47. The number of phenolic OH excluding ortho intramolecular Hbond substituents is 1. The molecule has 20 heavy (non-hydrogen) atoms. The standard InChI is InChI=1S/C16H26N2O2/c1-13(12-18-9-4-3-5-10-18)17-11-14-7-6-8-15(20-2)16(14)19/h6-8,13,17,19H,3-5,9-12H2,1-2H3. The molecule has 1 aromatic carbocycles. The molecular weight excluding hydrogens is 252 g/mol. The van der Waals surface area contributed by atoms with Crippen LogP contribution >= 0.6 is 0 Å². The molecule has 1 aliphatic rings. The van der Waals surface area contributed by atoms with Gasteiger partial charge in [-0.1, -0.05) is 18.6 Å². The molecule has 4 nitrogen and oxygen atoms in total. The van der Waals surface area contributed by atoms with E-state index in [0.29, 0.717) is 18.3 Å². The minimum Gasteiger partial charge on any atom is -0.504 e. The van der Waals surface area contributed by atoms with Crippen LogP contribution in [0.15, 0.2) is 18.2 Å². The van der Waals surface area contributed by atoms with E-state index in [0.717, 1.165) is 12.1 Å². The van der Waals surface area contributed by atoms with E-state index in [9.17, 15) is 5.11 Å². The number of ether oxygens (including phenoxy) is 1. The van der Waals surface area contributed by atoms with Crippen molar-refractivity contribution in [3.05, 3.63) is 23.8 Å². The second-order valence-corrected chi connectivity index (χ2v) is 5.61. The van der Waals surface area contributed by atoms with Crippen LogP contribution in [0.25, 0.3) is 0 Å². The second-order valence-electron chi connectivity index (χ2n) is 5.61. The zero-order valence-corrected chi connectivity index (χ0v) is 12.6. The third kappa shape index (κ3) is 4.12. The summed E-state index contributed by atoms with van der Waals surface area (Å²) in [4.78, 5) is 2.52. The zero-order valence-electron chi connectivity index (χ0n) is 12.6. The third-order valence-electron chi connectivity index (χ3n) is 3.92. The van der Waals surface area contributed by atoms with Crippen LogP contribution in [0.1, 0.15) is 31.7 Å². The molecule has 1 saturated heterocycles. The summed E-state index contributed by atoms with van der Waals surface area (Å²) in [7, 11) is 1.57. The fraction of sp³-hybridized carbons (Fsp3) is 0.625. The van der Waals surface area contributed by atoms with Crippen molar-refractivity contribution >= 4 is 0 Å². The number of para-hydroxylation sites is 1. The molecule has 0 bridgehead atoms. The smallest absolute Gasteiger partial charge is 0.162 e. The van der Waals surface area contributed by atoms with Gasteiger partial charge in [-0.05, 0) is 38.9 Å². The first-order chi connectivity index (χ1) is 9.70. The van der Waals surface area contributed by atoms with Crippen molar-refractivity contribution in [2.24, 2.45) is 0 Å². The number of phenols is 1. The van der Waals surface area contributed by atoms with Crippen molar-refractivity contribution < 1.29 is 9.84 Å². The molecule has 2 N–H and O–H groups in total. The van der Waals surface area contributed by atoms with Crippen LogP contribution in [0.5, 0.6) is 11.5 Å². The molecule has 4 heteroatoms. The first-order valence-corrected chi connectivity index (χ1v) is 7.51. The fourth-order valence-corrected chi connectivity index (χ4v) is 2.75. The normalized spacial score (nSPS) is 17.9. The molecule has 0 aromatic heterocycles. The topological polar surface area (TPSA) is 44.7 Å². The van der Waals surface area contributed by atoms with Gasteiger partial charge < -0.3 is 20.1 Å². The van der Waals surface area contributed by atoms with Crippen molar-refractivity contribution in [3.8, 4) is 11.5 Å². The van der Waals surface area contributed by atoms with Gasteiger partial charge in [-0.15, -0.1) is 0 Å². The van der Waals surface area contributed by atoms with E-state index in [1.807, 2.05) is 12.1 Å². The Morgan fingerprint density at radius 2 is 2.05 bits per heavy atom. The van der Waals surface area contributed by atoms with E-state index < -0.39 is 0 Å². The summed E-state index contributed by atoms with van der Waals surface area (Å²) in [6.45, 7) is 6.38. The van der Waals surface area contributed by atoms with Crippen LogP contribution in [0.3, 0.4) is 0 Å². The molecular formula is C16H26N2O2. The summed E-state index contributed by atoms with van der Waals surface area (Å²) in [5.74, 6) is 0.778. The number of likely N-dealkylation sites (tertiary alicyclic amines) is 1. The molecule has 1 atom stereocenters. The fourth-order valence-electron chi connectivity index (χ4n) is 2.75. The highest BCUT2D eigenvalue weighted by Gasteiger charge is 2.14. The van der Waals surface area contributed by atoms with Gasteiger partial charge in [-0.2, -0.15) is 0 Å². The van der Waals surface area contributed by atoms with Gasteiger partial charge in [-0.25, -0.2) is 0 Å². The predicted octanol–water partition coefficient (Wildman–Crippen LogP) is 2.36. The molecule has 1 fully saturated rings. The second kappa shape index (κ2) is 7.50. The minimum absolute atomic E-state index is 0.243. The van der Waals surface area contributed by atoms with Crippen LogP contribution in [0.2, 0.25) is 0 Å². The maximum absolute atomic E-state index is 10.0. The van der Waals surface area contributed by atoms with Crippen LogP contribution < -0.4 is 10.1 Å². The van der Waals surface area contributed by atoms with Crippen molar-refractivity contribution in [1.29, 1.82) is 0 Å². The van der Waals surface area contributed by atoms with Gasteiger partial charge in [0.1, 0.15) is 0 Å². The Kier molecular flexibility index (Phi) is 5.68. The van der Waals surface area contributed by atoms with Crippen molar-refractivity contribution in [2.75, 3.05) is 26.7 Å². The monoisotopic (exact) mass is 278 g/mol. The lowest BCUT2D eigenvalue weighted by Crippen LogP contribution is -2.41. The van der Waals surface area contributed by atoms with E-state index in [-0.39, 0.29) is 5.75 Å². The summed E-state index contributed by atoms with van der Waals surface area (Å²) in [6, 6.07) is 6.03. The number of hydrogen-bond acceptors (Lipinski definition) is 4. The Morgan fingerprint density at radius 1 is 1.30 bits per heavy atom. The zero-order chi connectivity index (χ0) is 14.4. The van der Waals surface area contributed by atoms with Crippen molar-refractivity contribution in [3.63, 3.8) is 0 Å². The Bertz CT molecular complexity index is 417. The number of piperidine rings is 1. The van der Waals surface area contributed by atoms with Gasteiger partial charge in [0.05, 0.1) is 7.11 Å². The number of nitrogens with zero attached hydrogens (tertiary/aromatic N) is 1. The highest BCUT2D eigenvalue weighted by molar-refractivity contribution is 5.45. The SMILES string of the molecule is COc1cccc(CNC(C)CN2CCCCC2)c1O. The van der Waals surface area contributed by atoms with Gasteiger partial charge >= 0.3 is 0 Å². The van der Waals surface area contributed by atoms with Crippen LogP contribution in [-0.2, 0) is 6.54 Å². The Labute approximate surface area is 121 Å². The molecule has 0 amide bonds. The Balaban J connectivity index is 1.82. The molecule has 0 saturated carbocycles. The lowest BCUT2D eigenvalue weighted by Gasteiger charge is -2.29. The maximum Gasteiger partial charge on any atom is 0.162 e. The number of methoxy groups -OCH3 is 1. The van der Waals surface area contributed by atoms with Gasteiger partial charge in [0, 0.05) is 24.7 Å². The summed E-state index contributed by atoms with van der Waals surface area (Å²) >= 11 is 0. The van der Waals surface area contributed by atoms with Crippen molar-refractivity contribution in [1.82, 2.24) is 10.2 Å². The molecule has 0 radical (unpaired) electrons. The molecule has 112 valence electrons. The molecule has 1 aliphatic heterocycles. The van der Waals surface area contributed by atoms with Crippen LogP contribution in [-0.4, -0.2) is 42.8 Å². The predicted molar refractivity (Wildman–Crippen MR) is 81.3 cm³/mol. The summed E-state index contributed by atoms with van der Waals surface area (Å²) < 4.78 is 5.13. The lowest BCUT2D eigenvalue weighted by atomic mass is 10.1.